The lowest BCUT2D eigenvalue weighted by atomic mass is 10.1. The Morgan fingerprint density at radius 1 is 1.24 bits per heavy atom. The summed E-state index contributed by atoms with van der Waals surface area (Å²) in [5.74, 6) is 0.321. The second-order valence-electron chi connectivity index (χ2n) is 5.51. The van der Waals surface area contributed by atoms with E-state index in [1.54, 1.807) is 24.3 Å². The number of thioether (sulfide) groups is 1. The molecule has 1 aliphatic rings. The van der Waals surface area contributed by atoms with E-state index in [9.17, 15) is 9.90 Å². The zero-order valence-electron chi connectivity index (χ0n) is 13.9. The number of phenols is 1. The number of carbonyl (C=O) groups excluding carboxylic acids is 1. The van der Waals surface area contributed by atoms with Crippen molar-refractivity contribution in [1.29, 1.82) is 0 Å². The Hall–Kier alpha value is -2.31. The van der Waals surface area contributed by atoms with Crippen molar-refractivity contribution in [2.24, 2.45) is 0 Å². The van der Waals surface area contributed by atoms with Gasteiger partial charge in [0.1, 0.15) is 0 Å². The molecule has 0 atom stereocenters. The number of aryl methyl sites for hydroxylation is 1. The average molecular weight is 371 g/mol. The van der Waals surface area contributed by atoms with Crippen molar-refractivity contribution in [2.45, 2.75) is 13.8 Å². The molecular weight excluding hydrogens is 354 g/mol. The van der Waals surface area contributed by atoms with Crippen LogP contribution in [0.2, 0.25) is 0 Å². The van der Waals surface area contributed by atoms with E-state index in [1.165, 1.54) is 16.7 Å². The molecule has 0 saturated carbocycles. The number of thiocarbonyl (C=S) groups is 1. The zero-order chi connectivity index (χ0) is 18.0. The van der Waals surface area contributed by atoms with Gasteiger partial charge in [0, 0.05) is 0 Å². The fourth-order valence-corrected chi connectivity index (χ4v) is 3.73. The fourth-order valence-electron chi connectivity index (χ4n) is 2.43. The van der Waals surface area contributed by atoms with Crippen LogP contribution in [-0.4, -0.2) is 21.9 Å². The minimum atomic E-state index is -0.148. The maximum atomic E-state index is 12.8. The van der Waals surface area contributed by atoms with E-state index in [0.717, 1.165) is 16.8 Å². The van der Waals surface area contributed by atoms with Crippen molar-refractivity contribution in [3.8, 4) is 11.5 Å². The van der Waals surface area contributed by atoms with Crippen LogP contribution in [0.4, 0.5) is 5.69 Å². The van der Waals surface area contributed by atoms with Gasteiger partial charge in [-0.05, 0) is 49.8 Å². The third-order valence-electron chi connectivity index (χ3n) is 3.67. The van der Waals surface area contributed by atoms with Crippen molar-refractivity contribution in [3.05, 3.63) is 58.5 Å². The maximum Gasteiger partial charge on any atom is 0.270 e. The molecule has 1 heterocycles. The SMILES string of the molecule is CCOc1cc(C=C2SC(=S)N(c3ccc(C)cc3)C2=O)ccc1O. The average Bonchev–Trinajstić information content (AvgIpc) is 2.86. The largest absolute Gasteiger partial charge is 0.504 e. The first-order chi connectivity index (χ1) is 12.0. The van der Waals surface area contributed by atoms with Gasteiger partial charge in [-0.25, -0.2) is 0 Å². The highest BCUT2D eigenvalue weighted by Gasteiger charge is 2.33. The summed E-state index contributed by atoms with van der Waals surface area (Å²) in [6.07, 6.45) is 1.76. The molecular formula is C19H17NO3S2. The van der Waals surface area contributed by atoms with Crippen LogP contribution in [-0.2, 0) is 4.79 Å². The lowest BCUT2D eigenvalue weighted by molar-refractivity contribution is -0.113. The standard InChI is InChI=1S/C19H17NO3S2/c1-3-23-16-10-13(6-9-15(16)21)11-17-18(22)20(19(24)25-17)14-7-4-12(2)5-8-14/h4-11,21H,3H2,1-2H3. The van der Waals surface area contributed by atoms with Crippen molar-refractivity contribution in [1.82, 2.24) is 0 Å². The van der Waals surface area contributed by atoms with Crippen LogP contribution in [0.5, 0.6) is 11.5 Å². The number of hydrogen-bond donors (Lipinski definition) is 1. The van der Waals surface area contributed by atoms with Crippen LogP contribution in [0.1, 0.15) is 18.1 Å². The molecule has 3 rings (SSSR count). The summed E-state index contributed by atoms with van der Waals surface area (Å²) < 4.78 is 5.89. The third-order valence-corrected chi connectivity index (χ3v) is 4.97. The first kappa shape index (κ1) is 17.5. The highest BCUT2D eigenvalue weighted by Crippen LogP contribution is 2.37. The summed E-state index contributed by atoms with van der Waals surface area (Å²) in [4.78, 5) is 14.8. The van der Waals surface area contributed by atoms with Crippen molar-refractivity contribution >= 4 is 46.0 Å². The second-order valence-corrected chi connectivity index (χ2v) is 7.19. The van der Waals surface area contributed by atoms with Gasteiger partial charge in [0.15, 0.2) is 15.8 Å². The molecule has 128 valence electrons. The van der Waals surface area contributed by atoms with Crippen molar-refractivity contribution in [3.63, 3.8) is 0 Å². The molecule has 25 heavy (non-hydrogen) atoms. The van der Waals surface area contributed by atoms with Crippen LogP contribution < -0.4 is 9.64 Å². The Morgan fingerprint density at radius 2 is 1.96 bits per heavy atom. The summed E-state index contributed by atoms with van der Waals surface area (Å²) in [5.41, 5.74) is 2.65. The monoisotopic (exact) mass is 371 g/mol. The topological polar surface area (TPSA) is 49.8 Å². The Balaban J connectivity index is 1.90. The summed E-state index contributed by atoms with van der Waals surface area (Å²) in [5, 5.41) is 9.79. The molecule has 0 spiro atoms. The Bertz CT molecular complexity index is 859. The molecule has 1 N–H and O–H groups in total. The maximum absolute atomic E-state index is 12.8. The number of carbonyl (C=O) groups is 1. The smallest absolute Gasteiger partial charge is 0.270 e. The Kier molecular flexibility index (Phi) is 5.11. The van der Waals surface area contributed by atoms with Gasteiger partial charge in [0.05, 0.1) is 17.2 Å². The fraction of sp³-hybridized carbons (Fsp3) is 0.158. The summed E-state index contributed by atoms with van der Waals surface area (Å²) >= 11 is 6.64. The zero-order valence-corrected chi connectivity index (χ0v) is 15.5. The quantitative estimate of drug-likeness (QED) is 0.633. The summed E-state index contributed by atoms with van der Waals surface area (Å²) in [6.45, 7) is 4.29. The number of anilines is 1. The Morgan fingerprint density at radius 3 is 2.64 bits per heavy atom. The predicted molar refractivity (Wildman–Crippen MR) is 106 cm³/mol. The molecule has 1 fully saturated rings. The molecule has 0 unspecified atom stereocenters. The molecule has 2 aromatic rings. The Labute approximate surface area is 156 Å². The van der Waals surface area contributed by atoms with E-state index in [-0.39, 0.29) is 11.7 Å². The number of nitrogens with zero attached hydrogens (tertiary/aromatic N) is 1. The van der Waals surface area contributed by atoms with Crippen molar-refractivity contribution < 1.29 is 14.6 Å². The summed E-state index contributed by atoms with van der Waals surface area (Å²) in [6, 6.07) is 12.7. The first-order valence-electron chi connectivity index (χ1n) is 7.80. The highest BCUT2D eigenvalue weighted by atomic mass is 32.2. The highest BCUT2D eigenvalue weighted by molar-refractivity contribution is 8.27. The lowest BCUT2D eigenvalue weighted by Crippen LogP contribution is -2.27. The van der Waals surface area contributed by atoms with Gasteiger partial charge in [-0.2, -0.15) is 0 Å². The normalized spacial score (nSPS) is 15.9. The molecule has 0 radical (unpaired) electrons. The number of hydrogen-bond acceptors (Lipinski definition) is 5. The number of phenolic OH excluding ortho intramolecular Hbond substituents is 1. The lowest BCUT2D eigenvalue weighted by Gasteiger charge is -2.14. The van der Waals surface area contributed by atoms with Crippen LogP contribution in [0.25, 0.3) is 6.08 Å². The van der Waals surface area contributed by atoms with E-state index >= 15 is 0 Å². The van der Waals surface area contributed by atoms with E-state index in [0.29, 0.717) is 21.6 Å². The molecule has 2 aromatic carbocycles. The number of aromatic hydroxyl groups is 1. The molecule has 1 aliphatic heterocycles. The number of benzene rings is 2. The molecule has 0 bridgehead atoms. The van der Waals surface area contributed by atoms with Gasteiger partial charge < -0.3 is 9.84 Å². The van der Waals surface area contributed by atoms with Crippen LogP contribution in [0.15, 0.2) is 47.4 Å². The molecule has 0 aliphatic carbocycles. The van der Waals surface area contributed by atoms with Gasteiger partial charge in [0.2, 0.25) is 0 Å². The number of amides is 1. The van der Waals surface area contributed by atoms with E-state index in [1.807, 2.05) is 38.1 Å². The molecule has 4 nitrogen and oxygen atoms in total. The molecule has 1 saturated heterocycles. The van der Waals surface area contributed by atoms with E-state index in [4.69, 9.17) is 17.0 Å². The number of rotatable bonds is 4. The van der Waals surface area contributed by atoms with Gasteiger partial charge in [-0.1, -0.05) is 47.7 Å². The van der Waals surface area contributed by atoms with Crippen molar-refractivity contribution in [2.75, 3.05) is 11.5 Å². The van der Waals surface area contributed by atoms with Gasteiger partial charge >= 0.3 is 0 Å². The minimum Gasteiger partial charge on any atom is -0.504 e. The van der Waals surface area contributed by atoms with E-state index in [2.05, 4.69) is 0 Å². The van der Waals surface area contributed by atoms with Gasteiger partial charge in [-0.3, -0.25) is 9.69 Å². The van der Waals surface area contributed by atoms with Crippen LogP contribution in [0.3, 0.4) is 0 Å². The molecule has 1 amide bonds. The van der Waals surface area contributed by atoms with Gasteiger partial charge in [0.25, 0.3) is 5.91 Å². The minimum absolute atomic E-state index is 0.0752. The predicted octanol–water partition coefficient (Wildman–Crippen LogP) is 4.51. The molecule has 0 aromatic heterocycles. The molecule has 6 heteroatoms. The third kappa shape index (κ3) is 3.70. The number of ether oxygens (including phenoxy) is 1. The summed E-state index contributed by atoms with van der Waals surface area (Å²) in [7, 11) is 0. The van der Waals surface area contributed by atoms with Gasteiger partial charge in [-0.15, -0.1) is 0 Å². The van der Waals surface area contributed by atoms with E-state index < -0.39 is 0 Å². The second kappa shape index (κ2) is 7.29. The van der Waals surface area contributed by atoms with Crippen LogP contribution >= 0.6 is 24.0 Å². The first-order valence-corrected chi connectivity index (χ1v) is 9.02. The van der Waals surface area contributed by atoms with Crippen LogP contribution in [0, 0.1) is 6.92 Å².